The molecule has 0 aliphatic rings. The van der Waals surface area contributed by atoms with Crippen LogP contribution in [0.4, 0.5) is 0 Å². The minimum Gasteiger partial charge on any atom is -0.340 e. The van der Waals surface area contributed by atoms with E-state index in [1.807, 2.05) is 44.2 Å². The molecular formula is C24H33NO3S. The van der Waals surface area contributed by atoms with Crippen LogP contribution in [0.25, 0.3) is 0 Å². The number of rotatable bonds is 6. The fraction of sp³-hybridized carbons (Fsp3) is 0.458. The van der Waals surface area contributed by atoms with Crippen LogP contribution in [0.1, 0.15) is 55.5 Å². The molecular weight excluding hydrogens is 382 g/mol. The van der Waals surface area contributed by atoms with Gasteiger partial charge in [-0.1, -0.05) is 63.2 Å². The van der Waals surface area contributed by atoms with Crippen LogP contribution in [0.3, 0.4) is 0 Å². The molecule has 0 spiro atoms. The summed E-state index contributed by atoms with van der Waals surface area (Å²) >= 11 is 0. The molecule has 0 fully saturated rings. The molecule has 1 amide bonds. The number of carbonyl (C=O) groups is 1. The second kappa shape index (κ2) is 8.70. The number of nitrogens with zero attached hydrogens (tertiary/aromatic N) is 1. The molecule has 0 saturated heterocycles. The van der Waals surface area contributed by atoms with Crippen LogP contribution >= 0.6 is 0 Å². The van der Waals surface area contributed by atoms with Gasteiger partial charge in [0.1, 0.15) is 5.25 Å². The van der Waals surface area contributed by atoms with Crippen LogP contribution in [0.2, 0.25) is 0 Å². The molecule has 1 atom stereocenters. The lowest BCUT2D eigenvalue weighted by Gasteiger charge is -2.24. The number of hydrogen-bond donors (Lipinski definition) is 0. The highest BCUT2D eigenvalue weighted by Crippen LogP contribution is 2.28. The Morgan fingerprint density at radius 1 is 1.03 bits per heavy atom. The predicted octanol–water partition coefficient (Wildman–Crippen LogP) is 4.56. The molecule has 4 nitrogen and oxygen atoms in total. The van der Waals surface area contributed by atoms with Crippen LogP contribution in [0.5, 0.6) is 0 Å². The summed E-state index contributed by atoms with van der Waals surface area (Å²) in [5.41, 5.74) is 4.85. The smallest absolute Gasteiger partial charge is 0.240 e. The van der Waals surface area contributed by atoms with Gasteiger partial charge < -0.3 is 4.90 Å². The average molecular weight is 416 g/mol. The summed E-state index contributed by atoms with van der Waals surface area (Å²) in [6, 6.07) is 13.7. The molecule has 158 valence electrons. The van der Waals surface area contributed by atoms with Gasteiger partial charge in [0.15, 0.2) is 9.84 Å². The van der Waals surface area contributed by atoms with Gasteiger partial charge in [0, 0.05) is 13.6 Å². The molecule has 0 saturated carbocycles. The summed E-state index contributed by atoms with van der Waals surface area (Å²) in [7, 11) is -1.99. The van der Waals surface area contributed by atoms with Crippen molar-refractivity contribution < 1.29 is 13.2 Å². The van der Waals surface area contributed by atoms with Crippen molar-refractivity contribution in [2.24, 2.45) is 0 Å². The lowest BCUT2D eigenvalue weighted by atomic mass is 9.84. The van der Waals surface area contributed by atoms with Gasteiger partial charge in [-0.3, -0.25) is 4.79 Å². The third-order valence-corrected chi connectivity index (χ3v) is 7.40. The molecule has 0 N–H and O–H groups in total. The average Bonchev–Trinajstić information content (AvgIpc) is 2.63. The maximum atomic E-state index is 13.0. The topological polar surface area (TPSA) is 54.5 Å². The van der Waals surface area contributed by atoms with Crippen LogP contribution < -0.4 is 0 Å². The van der Waals surface area contributed by atoms with E-state index < -0.39 is 15.1 Å². The Labute approximate surface area is 175 Å². The van der Waals surface area contributed by atoms with E-state index in [0.717, 1.165) is 22.3 Å². The minimum absolute atomic E-state index is 0.00364. The van der Waals surface area contributed by atoms with Crippen molar-refractivity contribution in [1.82, 2.24) is 4.90 Å². The van der Waals surface area contributed by atoms with Gasteiger partial charge in [0.25, 0.3) is 0 Å². The molecule has 0 radical (unpaired) electrons. The normalized spacial score (nSPS) is 13.2. The highest BCUT2D eigenvalue weighted by atomic mass is 32.2. The molecule has 0 aromatic heterocycles. The van der Waals surface area contributed by atoms with Crippen molar-refractivity contribution in [2.45, 2.75) is 64.5 Å². The molecule has 0 heterocycles. The van der Waals surface area contributed by atoms with Crippen molar-refractivity contribution in [3.8, 4) is 0 Å². The first-order valence-corrected chi connectivity index (χ1v) is 11.7. The summed E-state index contributed by atoms with van der Waals surface area (Å²) in [5.74, 6) is -0.503. The summed E-state index contributed by atoms with van der Waals surface area (Å²) in [6.45, 7) is 12.2. The van der Waals surface area contributed by atoms with E-state index >= 15 is 0 Å². The van der Waals surface area contributed by atoms with Gasteiger partial charge in [-0.05, 0) is 54.0 Å². The standard InChI is InChI=1S/C24H33NO3S/c1-17-13-21(24(4,5)6)14-18(2)22(17)16-29(27,28)19(3)23(26)25(7)15-20-11-9-8-10-12-20/h8-14,19H,15-16H2,1-7H3. The van der Waals surface area contributed by atoms with Crippen molar-refractivity contribution in [3.05, 3.63) is 70.3 Å². The Morgan fingerprint density at radius 3 is 2.03 bits per heavy atom. The molecule has 2 aromatic carbocycles. The first kappa shape index (κ1) is 23.1. The zero-order chi connectivity index (χ0) is 22.0. The van der Waals surface area contributed by atoms with Crippen molar-refractivity contribution in [2.75, 3.05) is 7.05 Å². The number of amides is 1. The third-order valence-electron chi connectivity index (χ3n) is 5.43. The van der Waals surface area contributed by atoms with Gasteiger partial charge in [-0.15, -0.1) is 0 Å². The van der Waals surface area contributed by atoms with E-state index in [9.17, 15) is 13.2 Å². The second-order valence-corrected chi connectivity index (χ2v) is 11.3. The van der Waals surface area contributed by atoms with Crippen molar-refractivity contribution in [3.63, 3.8) is 0 Å². The molecule has 0 aliphatic heterocycles. The highest BCUT2D eigenvalue weighted by molar-refractivity contribution is 7.92. The maximum absolute atomic E-state index is 13.0. The summed E-state index contributed by atoms with van der Waals surface area (Å²) in [6.07, 6.45) is 0. The third kappa shape index (κ3) is 5.69. The van der Waals surface area contributed by atoms with Crippen molar-refractivity contribution >= 4 is 15.7 Å². The first-order valence-electron chi connectivity index (χ1n) is 9.94. The Kier molecular flexibility index (Phi) is 6.94. The summed E-state index contributed by atoms with van der Waals surface area (Å²) < 4.78 is 26.1. The van der Waals surface area contributed by atoms with Crippen LogP contribution in [0, 0.1) is 13.8 Å². The lowest BCUT2D eigenvalue weighted by molar-refractivity contribution is -0.129. The zero-order valence-corrected chi connectivity index (χ0v) is 19.4. The highest BCUT2D eigenvalue weighted by Gasteiger charge is 2.31. The van der Waals surface area contributed by atoms with Gasteiger partial charge in [-0.2, -0.15) is 0 Å². The van der Waals surface area contributed by atoms with Gasteiger partial charge in [0.2, 0.25) is 5.91 Å². The number of aryl methyl sites for hydroxylation is 2. The lowest BCUT2D eigenvalue weighted by Crippen LogP contribution is -2.39. The Balaban J connectivity index is 2.21. The van der Waals surface area contributed by atoms with Gasteiger partial charge in [-0.25, -0.2) is 8.42 Å². The van der Waals surface area contributed by atoms with E-state index in [4.69, 9.17) is 0 Å². The quantitative estimate of drug-likeness (QED) is 0.695. The molecule has 0 aliphatic carbocycles. The number of sulfone groups is 1. The summed E-state index contributed by atoms with van der Waals surface area (Å²) in [4.78, 5) is 14.3. The molecule has 2 rings (SSSR count). The fourth-order valence-corrected chi connectivity index (χ4v) is 4.97. The Morgan fingerprint density at radius 2 is 1.55 bits per heavy atom. The fourth-order valence-electron chi connectivity index (χ4n) is 3.38. The Bertz CT molecular complexity index is 950. The van der Waals surface area contributed by atoms with Crippen LogP contribution in [-0.2, 0) is 32.3 Å². The first-order chi connectivity index (χ1) is 13.3. The second-order valence-electron chi connectivity index (χ2n) is 8.97. The Hall–Kier alpha value is -2.14. The number of carbonyl (C=O) groups excluding carboxylic acids is 1. The molecule has 0 bridgehead atoms. The van der Waals surface area contributed by atoms with E-state index in [-0.39, 0.29) is 17.1 Å². The maximum Gasteiger partial charge on any atom is 0.240 e. The number of hydrogen-bond acceptors (Lipinski definition) is 3. The van der Waals surface area contributed by atoms with Crippen LogP contribution in [-0.4, -0.2) is 31.5 Å². The van der Waals surface area contributed by atoms with E-state index in [1.54, 1.807) is 7.05 Å². The minimum atomic E-state index is -3.63. The SMILES string of the molecule is Cc1cc(C(C)(C)C)cc(C)c1CS(=O)(=O)C(C)C(=O)N(C)Cc1ccccc1. The van der Waals surface area contributed by atoms with E-state index in [0.29, 0.717) is 6.54 Å². The molecule has 5 heteroatoms. The molecule has 2 aromatic rings. The number of benzene rings is 2. The van der Waals surface area contributed by atoms with E-state index in [2.05, 4.69) is 32.9 Å². The zero-order valence-electron chi connectivity index (χ0n) is 18.6. The largest absolute Gasteiger partial charge is 0.340 e. The van der Waals surface area contributed by atoms with Crippen molar-refractivity contribution in [1.29, 1.82) is 0 Å². The van der Waals surface area contributed by atoms with Gasteiger partial charge >= 0.3 is 0 Å². The molecule has 1 unspecified atom stereocenters. The van der Waals surface area contributed by atoms with Crippen LogP contribution in [0.15, 0.2) is 42.5 Å². The molecule has 29 heavy (non-hydrogen) atoms. The monoisotopic (exact) mass is 415 g/mol. The van der Waals surface area contributed by atoms with Gasteiger partial charge in [0.05, 0.1) is 5.75 Å². The summed E-state index contributed by atoms with van der Waals surface area (Å²) in [5, 5.41) is -1.09. The van der Waals surface area contributed by atoms with E-state index in [1.165, 1.54) is 17.4 Å². The predicted molar refractivity (Wildman–Crippen MR) is 120 cm³/mol.